The molecule has 0 aliphatic carbocycles. The lowest BCUT2D eigenvalue weighted by Gasteiger charge is -2.28. The number of nitrogens with one attached hydrogen (secondary N) is 2. The van der Waals surface area contributed by atoms with Crippen molar-refractivity contribution >= 4 is 57.2 Å². The highest BCUT2D eigenvalue weighted by Gasteiger charge is 2.34. The first kappa shape index (κ1) is 18.8. The summed E-state index contributed by atoms with van der Waals surface area (Å²) in [6.45, 7) is 0. The summed E-state index contributed by atoms with van der Waals surface area (Å²) in [4.78, 5) is 12.4. The quantitative estimate of drug-likeness (QED) is 0.445. The standard InChI is InChI=1S/C20H17Cl3N2O/c21-20(22,23)19(25-18(26)13-14-7-2-1-3-8-14)24-17-12-6-10-15-9-4-5-11-16(15)17/h1-12,19,24H,13H2,(H,25,26)/t19-/m1/s1. The lowest BCUT2D eigenvalue weighted by atomic mass is 10.1. The van der Waals surface area contributed by atoms with Crippen molar-refractivity contribution in [3.63, 3.8) is 0 Å². The average molecular weight is 408 g/mol. The zero-order valence-corrected chi connectivity index (χ0v) is 16.0. The Balaban J connectivity index is 1.79. The second kappa shape index (κ2) is 8.17. The topological polar surface area (TPSA) is 41.1 Å². The fourth-order valence-electron chi connectivity index (χ4n) is 2.70. The fraction of sp³-hybridized carbons (Fsp3) is 0.150. The molecule has 6 heteroatoms. The third-order valence-electron chi connectivity index (χ3n) is 3.93. The van der Waals surface area contributed by atoms with Gasteiger partial charge in [-0.3, -0.25) is 4.79 Å². The van der Waals surface area contributed by atoms with Crippen LogP contribution in [0.5, 0.6) is 0 Å². The summed E-state index contributed by atoms with van der Waals surface area (Å²) in [5, 5.41) is 7.95. The van der Waals surface area contributed by atoms with Gasteiger partial charge in [0, 0.05) is 11.1 Å². The maximum atomic E-state index is 12.4. The van der Waals surface area contributed by atoms with E-state index in [1.54, 1.807) is 0 Å². The Bertz CT molecular complexity index is 889. The summed E-state index contributed by atoms with van der Waals surface area (Å²) in [6.07, 6.45) is -0.676. The minimum absolute atomic E-state index is 0.204. The van der Waals surface area contributed by atoms with E-state index in [-0.39, 0.29) is 12.3 Å². The van der Waals surface area contributed by atoms with Crippen LogP contribution in [0.4, 0.5) is 5.69 Å². The van der Waals surface area contributed by atoms with Gasteiger partial charge >= 0.3 is 0 Å². The van der Waals surface area contributed by atoms with Crippen LogP contribution in [0.25, 0.3) is 10.8 Å². The van der Waals surface area contributed by atoms with Crippen molar-refractivity contribution in [3.8, 4) is 0 Å². The van der Waals surface area contributed by atoms with Gasteiger partial charge in [0.05, 0.1) is 6.42 Å². The number of hydrogen-bond donors (Lipinski definition) is 2. The Labute approximate surface area is 167 Å². The number of halogens is 3. The van der Waals surface area contributed by atoms with E-state index in [1.807, 2.05) is 72.8 Å². The molecule has 0 spiro atoms. The molecule has 0 heterocycles. The van der Waals surface area contributed by atoms with Gasteiger partial charge in [-0.15, -0.1) is 0 Å². The number of hydrogen-bond acceptors (Lipinski definition) is 2. The average Bonchev–Trinajstić information content (AvgIpc) is 2.61. The summed E-state index contributed by atoms with van der Waals surface area (Å²) < 4.78 is -1.72. The molecule has 0 radical (unpaired) electrons. The molecule has 134 valence electrons. The molecule has 0 unspecified atom stereocenters. The van der Waals surface area contributed by atoms with Crippen LogP contribution >= 0.6 is 34.8 Å². The predicted molar refractivity (Wildman–Crippen MR) is 110 cm³/mol. The van der Waals surface area contributed by atoms with Crippen molar-refractivity contribution in [1.82, 2.24) is 5.32 Å². The van der Waals surface area contributed by atoms with E-state index in [0.717, 1.165) is 22.0 Å². The van der Waals surface area contributed by atoms with E-state index in [9.17, 15) is 4.79 Å². The van der Waals surface area contributed by atoms with Gasteiger partial charge in [-0.1, -0.05) is 102 Å². The van der Waals surface area contributed by atoms with Gasteiger partial charge in [-0.2, -0.15) is 0 Å². The Kier molecular flexibility index (Phi) is 5.92. The molecule has 0 bridgehead atoms. The van der Waals surface area contributed by atoms with Crippen LogP contribution in [0.3, 0.4) is 0 Å². The molecule has 26 heavy (non-hydrogen) atoms. The van der Waals surface area contributed by atoms with Gasteiger partial charge < -0.3 is 10.6 Å². The zero-order valence-electron chi connectivity index (χ0n) is 13.8. The molecule has 3 rings (SSSR count). The predicted octanol–water partition coefficient (Wildman–Crippen LogP) is 5.31. The van der Waals surface area contributed by atoms with E-state index in [2.05, 4.69) is 10.6 Å². The number of alkyl halides is 3. The SMILES string of the molecule is O=C(Cc1ccccc1)N[C@@H](Nc1cccc2ccccc12)C(Cl)(Cl)Cl. The molecular formula is C20H17Cl3N2O. The molecule has 3 aromatic carbocycles. The van der Waals surface area contributed by atoms with Gasteiger partial charge in [-0.05, 0) is 17.0 Å². The molecule has 1 atom stereocenters. The molecule has 1 amide bonds. The molecule has 0 aliphatic heterocycles. The Morgan fingerprint density at radius 1 is 0.885 bits per heavy atom. The molecule has 0 fully saturated rings. The Morgan fingerprint density at radius 3 is 2.27 bits per heavy atom. The minimum Gasteiger partial charge on any atom is -0.361 e. The van der Waals surface area contributed by atoms with E-state index in [1.165, 1.54) is 0 Å². The molecular weight excluding hydrogens is 391 g/mol. The lowest BCUT2D eigenvalue weighted by Crippen LogP contribution is -2.49. The van der Waals surface area contributed by atoms with Gasteiger partial charge in [-0.25, -0.2) is 0 Å². The van der Waals surface area contributed by atoms with E-state index in [4.69, 9.17) is 34.8 Å². The first-order chi connectivity index (χ1) is 12.4. The number of anilines is 1. The number of carbonyl (C=O) groups excluding carboxylic acids is 1. The van der Waals surface area contributed by atoms with E-state index >= 15 is 0 Å². The highest BCUT2D eigenvalue weighted by atomic mass is 35.6. The molecule has 2 N–H and O–H groups in total. The molecule has 0 saturated carbocycles. The van der Waals surface area contributed by atoms with Crippen LogP contribution in [-0.4, -0.2) is 15.9 Å². The lowest BCUT2D eigenvalue weighted by molar-refractivity contribution is -0.120. The molecule has 0 saturated heterocycles. The maximum absolute atomic E-state index is 12.4. The molecule has 0 aromatic heterocycles. The Hall–Kier alpha value is -1.94. The highest BCUT2D eigenvalue weighted by molar-refractivity contribution is 6.68. The second-order valence-corrected chi connectivity index (χ2v) is 8.24. The molecule has 3 nitrogen and oxygen atoms in total. The summed E-state index contributed by atoms with van der Waals surface area (Å²) in [6, 6.07) is 23.1. The van der Waals surface area contributed by atoms with Crippen LogP contribution in [0.2, 0.25) is 0 Å². The monoisotopic (exact) mass is 406 g/mol. The number of carbonyl (C=O) groups is 1. The van der Waals surface area contributed by atoms with E-state index in [0.29, 0.717) is 0 Å². The first-order valence-corrected chi connectivity index (χ1v) is 9.21. The van der Waals surface area contributed by atoms with Gasteiger partial charge in [0.1, 0.15) is 6.17 Å². The van der Waals surface area contributed by atoms with Crippen molar-refractivity contribution in [2.75, 3.05) is 5.32 Å². The van der Waals surface area contributed by atoms with E-state index < -0.39 is 9.96 Å². The second-order valence-electron chi connectivity index (χ2n) is 5.88. The van der Waals surface area contributed by atoms with Crippen molar-refractivity contribution in [1.29, 1.82) is 0 Å². The van der Waals surface area contributed by atoms with Crippen molar-refractivity contribution in [2.24, 2.45) is 0 Å². The molecule has 0 aliphatic rings. The summed E-state index contributed by atoms with van der Waals surface area (Å²) in [7, 11) is 0. The minimum atomic E-state index is -1.72. The van der Waals surface area contributed by atoms with Crippen LogP contribution in [0.15, 0.2) is 72.8 Å². The third kappa shape index (κ3) is 4.82. The van der Waals surface area contributed by atoms with Gasteiger partial charge in [0.2, 0.25) is 9.70 Å². The highest BCUT2D eigenvalue weighted by Crippen LogP contribution is 2.33. The smallest absolute Gasteiger partial charge is 0.228 e. The maximum Gasteiger partial charge on any atom is 0.228 e. The van der Waals surface area contributed by atoms with Gasteiger partial charge in [0.15, 0.2) is 0 Å². The third-order valence-corrected chi connectivity index (χ3v) is 4.58. The zero-order chi connectivity index (χ0) is 18.6. The van der Waals surface area contributed by atoms with Crippen LogP contribution in [0, 0.1) is 0 Å². The number of fused-ring (bicyclic) bond motifs is 1. The molecule has 3 aromatic rings. The largest absolute Gasteiger partial charge is 0.361 e. The van der Waals surface area contributed by atoms with Crippen molar-refractivity contribution < 1.29 is 4.79 Å². The van der Waals surface area contributed by atoms with Gasteiger partial charge in [0.25, 0.3) is 0 Å². The normalized spacial score (nSPS) is 12.6. The number of rotatable bonds is 5. The number of benzene rings is 3. The van der Waals surface area contributed by atoms with Crippen LogP contribution in [0.1, 0.15) is 5.56 Å². The van der Waals surface area contributed by atoms with Crippen molar-refractivity contribution in [2.45, 2.75) is 16.4 Å². The van der Waals surface area contributed by atoms with Crippen LogP contribution < -0.4 is 10.6 Å². The summed E-state index contributed by atoms with van der Waals surface area (Å²) in [5.74, 6) is -0.236. The summed E-state index contributed by atoms with van der Waals surface area (Å²) in [5.41, 5.74) is 1.66. The van der Waals surface area contributed by atoms with Crippen molar-refractivity contribution in [3.05, 3.63) is 78.4 Å². The number of amides is 1. The van der Waals surface area contributed by atoms with Crippen LogP contribution in [-0.2, 0) is 11.2 Å². The summed E-state index contributed by atoms with van der Waals surface area (Å²) >= 11 is 18.3. The fourth-order valence-corrected chi connectivity index (χ4v) is 3.03. The Morgan fingerprint density at radius 2 is 1.54 bits per heavy atom. The first-order valence-electron chi connectivity index (χ1n) is 8.08.